The molecule has 1 aromatic heterocycles. The first kappa shape index (κ1) is 17.2. The highest BCUT2D eigenvalue weighted by Crippen LogP contribution is 2.19. The minimum absolute atomic E-state index is 0.0695. The van der Waals surface area contributed by atoms with Gasteiger partial charge in [0.25, 0.3) is 5.91 Å². The number of carbonyl (C=O) groups excluding carboxylic acids is 1. The molecular weight excluding hydrogens is 324 g/mol. The lowest BCUT2D eigenvalue weighted by molar-refractivity contribution is 0.0950. The molecule has 1 unspecified atom stereocenters. The molecule has 1 saturated heterocycles. The normalized spacial score (nSPS) is 19.2. The van der Waals surface area contributed by atoms with Crippen molar-refractivity contribution in [1.82, 2.24) is 20.6 Å². The molecule has 1 atom stereocenters. The minimum atomic E-state index is -0.0695. The first-order chi connectivity index (χ1) is 12.8. The van der Waals surface area contributed by atoms with Gasteiger partial charge in [-0.05, 0) is 80.8 Å². The summed E-state index contributed by atoms with van der Waals surface area (Å²) in [5.74, 6) is 1.33. The van der Waals surface area contributed by atoms with Gasteiger partial charge in [-0.1, -0.05) is 12.1 Å². The Morgan fingerprint density at radius 3 is 2.88 bits per heavy atom. The topological polar surface area (TPSA) is 66.9 Å². The highest BCUT2D eigenvalue weighted by molar-refractivity contribution is 5.94. The lowest BCUT2D eigenvalue weighted by Gasteiger charge is -2.22. The Labute approximate surface area is 154 Å². The van der Waals surface area contributed by atoms with Crippen LogP contribution in [0.5, 0.6) is 0 Å². The number of fused-ring (bicyclic) bond motifs is 1. The van der Waals surface area contributed by atoms with Gasteiger partial charge >= 0.3 is 0 Å². The van der Waals surface area contributed by atoms with Gasteiger partial charge in [0.15, 0.2) is 0 Å². The first-order valence-corrected chi connectivity index (χ1v) is 9.69. The molecule has 2 aliphatic rings. The molecule has 2 heterocycles. The van der Waals surface area contributed by atoms with Crippen LogP contribution >= 0.6 is 0 Å². The molecule has 2 aromatic rings. The van der Waals surface area contributed by atoms with Crippen molar-refractivity contribution < 1.29 is 4.79 Å². The highest BCUT2D eigenvalue weighted by atomic mass is 16.1. The third-order valence-electron chi connectivity index (χ3n) is 5.41. The number of benzene rings is 1. The van der Waals surface area contributed by atoms with Gasteiger partial charge in [0.2, 0.25) is 0 Å². The van der Waals surface area contributed by atoms with E-state index in [4.69, 9.17) is 0 Å². The maximum Gasteiger partial charge on any atom is 0.251 e. The van der Waals surface area contributed by atoms with E-state index in [0.717, 1.165) is 44.5 Å². The number of hydrogen-bond acceptors (Lipinski definition) is 4. The SMILES string of the molecule is O=C(NCc1ncc2c(n1)CCC2)c1ccc(CC2CCCNC2)cc1. The van der Waals surface area contributed by atoms with Crippen LogP contribution in [0.15, 0.2) is 30.5 Å². The molecule has 0 bridgehead atoms. The molecule has 5 heteroatoms. The Morgan fingerprint density at radius 1 is 1.19 bits per heavy atom. The Morgan fingerprint density at radius 2 is 2.08 bits per heavy atom. The van der Waals surface area contributed by atoms with Gasteiger partial charge in [0, 0.05) is 17.5 Å². The van der Waals surface area contributed by atoms with Crippen molar-refractivity contribution in [1.29, 1.82) is 0 Å². The summed E-state index contributed by atoms with van der Waals surface area (Å²) in [7, 11) is 0. The van der Waals surface area contributed by atoms with Crippen molar-refractivity contribution in [3.8, 4) is 0 Å². The number of nitrogens with one attached hydrogen (secondary N) is 2. The van der Waals surface area contributed by atoms with Crippen LogP contribution in [0.25, 0.3) is 0 Å². The monoisotopic (exact) mass is 350 g/mol. The van der Waals surface area contributed by atoms with E-state index in [0.29, 0.717) is 23.9 Å². The van der Waals surface area contributed by atoms with Crippen LogP contribution in [0.1, 0.15) is 52.3 Å². The van der Waals surface area contributed by atoms with Crippen LogP contribution in [0, 0.1) is 5.92 Å². The van der Waals surface area contributed by atoms with E-state index in [1.165, 1.54) is 24.0 Å². The number of rotatable bonds is 5. The van der Waals surface area contributed by atoms with E-state index in [2.05, 4.69) is 32.7 Å². The Bertz CT molecular complexity index is 766. The summed E-state index contributed by atoms with van der Waals surface area (Å²) < 4.78 is 0. The van der Waals surface area contributed by atoms with Crippen molar-refractivity contribution in [2.45, 2.75) is 45.1 Å². The first-order valence-electron chi connectivity index (χ1n) is 9.69. The summed E-state index contributed by atoms with van der Waals surface area (Å²) in [6.07, 6.45) is 8.79. The lowest BCUT2D eigenvalue weighted by atomic mass is 9.92. The quantitative estimate of drug-likeness (QED) is 0.869. The molecule has 1 aliphatic carbocycles. The molecule has 1 fully saturated rings. The molecular formula is C21H26N4O. The van der Waals surface area contributed by atoms with Crippen molar-refractivity contribution in [2.75, 3.05) is 13.1 Å². The number of piperidine rings is 1. The smallest absolute Gasteiger partial charge is 0.251 e. The molecule has 5 nitrogen and oxygen atoms in total. The second kappa shape index (κ2) is 7.96. The number of amides is 1. The largest absolute Gasteiger partial charge is 0.345 e. The molecule has 2 N–H and O–H groups in total. The van der Waals surface area contributed by atoms with Gasteiger partial charge < -0.3 is 10.6 Å². The molecule has 1 amide bonds. The van der Waals surface area contributed by atoms with Crippen LogP contribution in [0.3, 0.4) is 0 Å². The van der Waals surface area contributed by atoms with Gasteiger partial charge in [-0.3, -0.25) is 4.79 Å². The van der Waals surface area contributed by atoms with Crippen LogP contribution in [0.2, 0.25) is 0 Å². The standard InChI is InChI=1S/C21H26N4O/c26-21(24-14-20-23-13-18-4-1-5-19(18)25-20)17-8-6-15(7-9-17)11-16-3-2-10-22-12-16/h6-9,13,16,22H,1-5,10-12,14H2,(H,24,26). The molecule has 0 spiro atoms. The van der Waals surface area contributed by atoms with Gasteiger partial charge in [0.1, 0.15) is 5.82 Å². The number of aromatic nitrogens is 2. The van der Waals surface area contributed by atoms with Crippen LogP contribution < -0.4 is 10.6 Å². The summed E-state index contributed by atoms with van der Waals surface area (Å²) in [5, 5.41) is 6.39. The zero-order valence-electron chi connectivity index (χ0n) is 15.1. The second-order valence-electron chi connectivity index (χ2n) is 7.41. The predicted octanol–water partition coefficient (Wildman–Crippen LogP) is 2.44. The molecule has 136 valence electrons. The van der Waals surface area contributed by atoms with E-state index in [1.54, 1.807) is 0 Å². The van der Waals surface area contributed by atoms with Crippen molar-refractivity contribution in [2.24, 2.45) is 5.92 Å². The number of hydrogen-bond donors (Lipinski definition) is 2. The summed E-state index contributed by atoms with van der Waals surface area (Å²) >= 11 is 0. The van der Waals surface area contributed by atoms with Gasteiger partial charge in [0.05, 0.1) is 6.54 Å². The van der Waals surface area contributed by atoms with Gasteiger partial charge in [-0.2, -0.15) is 0 Å². The average Bonchev–Trinajstić information content (AvgIpc) is 3.15. The van der Waals surface area contributed by atoms with Crippen LogP contribution in [0.4, 0.5) is 0 Å². The van der Waals surface area contributed by atoms with Crippen LogP contribution in [-0.2, 0) is 25.8 Å². The molecule has 0 radical (unpaired) electrons. The zero-order chi connectivity index (χ0) is 17.8. The molecule has 26 heavy (non-hydrogen) atoms. The fourth-order valence-corrected chi connectivity index (χ4v) is 3.93. The van der Waals surface area contributed by atoms with E-state index >= 15 is 0 Å². The summed E-state index contributed by atoms with van der Waals surface area (Å²) in [5.41, 5.74) is 4.39. The van der Waals surface area contributed by atoms with Crippen molar-refractivity contribution >= 4 is 5.91 Å². The molecule has 0 saturated carbocycles. The van der Waals surface area contributed by atoms with E-state index in [1.807, 2.05) is 18.3 Å². The number of nitrogens with zero attached hydrogens (tertiary/aromatic N) is 2. The van der Waals surface area contributed by atoms with Crippen molar-refractivity contribution in [3.63, 3.8) is 0 Å². The molecule has 1 aliphatic heterocycles. The summed E-state index contributed by atoms with van der Waals surface area (Å²) in [6, 6.07) is 8.00. The minimum Gasteiger partial charge on any atom is -0.345 e. The zero-order valence-corrected chi connectivity index (χ0v) is 15.1. The number of carbonyl (C=O) groups is 1. The van der Waals surface area contributed by atoms with Crippen LogP contribution in [-0.4, -0.2) is 29.0 Å². The van der Waals surface area contributed by atoms with Crippen molar-refractivity contribution in [3.05, 3.63) is 58.7 Å². The average molecular weight is 350 g/mol. The van der Waals surface area contributed by atoms with E-state index in [9.17, 15) is 4.79 Å². The summed E-state index contributed by atoms with van der Waals surface area (Å²) in [4.78, 5) is 21.3. The third kappa shape index (κ3) is 4.10. The Balaban J connectivity index is 1.31. The van der Waals surface area contributed by atoms with Gasteiger partial charge in [-0.25, -0.2) is 9.97 Å². The Kier molecular flexibility index (Phi) is 5.25. The predicted molar refractivity (Wildman–Crippen MR) is 101 cm³/mol. The summed E-state index contributed by atoms with van der Waals surface area (Å²) in [6.45, 7) is 2.62. The van der Waals surface area contributed by atoms with E-state index < -0.39 is 0 Å². The van der Waals surface area contributed by atoms with Gasteiger partial charge in [-0.15, -0.1) is 0 Å². The van der Waals surface area contributed by atoms with E-state index in [-0.39, 0.29) is 5.91 Å². The number of aryl methyl sites for hydroxylation is 2. The fraction of sp³-hybridized carbons (Fsp3) is 0.476. The maximum absolute atomic E-state index is 12.4. The maximum atomic E-state index is 12.4. The Hall–Kier alpha value is -2.27. The second-order valence-corrected chi connectivity index (χ2v) is 7.41. The molecule has 4 rings (SSSR count). The highest BCUT2D eigenvalue weighted by Gasteiger charge is 2.15. The lowest BCUT2D eigenvalue weighted by Crippen LogP contribution is -2.30. The fourth-order valence-electron chi connectivity index (χ4n) is 3.93. The molecule has 1 aromatic carbocycles. The third-order valence-corrected chi connectivity index (χ3v) is 5.41.